The fraction of sp³-hybridized carbons (Fsp3) is 0.500. The second-order valence-electron chi connectivity index (χ2n) is 2.90. The van der Waals surface area contributed by atoms with E-state index >= 15 is 0 Å². The minimum Gasteiger partial charge on any atom is -0.512 e. The van der Waals surface area contributed by atoms with Crippen molar-refractivity contribution in [3.8, 4) is 0 Å². The van der Waals surface area contributed by atoms with Crippen LogP contribution in [0.15, 0.2) is 24.0 Å². The third-order valence-electron chi connectivity index (χ3n) is 1.79. The number of unbranched alkanes of at least 4 members (excludes halogenated alkanes) is 1. The first kappa shape index (κ1) is 10.9. The lowest BCUT2D eigenvalue weighted by atomic mass is 10.1. The summed E-state index contributed by atoms with van der Waals surface area (Å²) in [6.45, 7) is 6.98. The van der Waals surface area contributed by atoms with E-state index in [0.717, 1.165) is 0 Å². The van der Waals surface area contributed by atoms with Crippen molar-refractivity contribution in [1.82, 2.24) is 0 Å². The summed E-state index contributed by atoms with van der Waals surface area (Å²) in [4.78, 5) is 1.39. The Labute approximate surface area is 74.8 Å². The molecule has 1 aliphatic rings. The van der Waals surface area contributed by atoms with E-state index in [1.165, 1.54) is 29.7 Å². The van der Waals surface area contributed by atoms with Crippen LogP contribution in [-0.4, -0.2) is 7.05 Å². The van der Waals surface area contributed by atoms with Crippen LogP contribution < -0.4 is 4.90 Å². The Morgan fingerprint density at radius 1 is 1.50 bits per heavy atom. The molecule has 0 fully saturated rings. The maximum Gasteiger partial charge on any atom is 0.102 e. The highest BCUT2D eigenvalue weighted by Crippen LogP contribution is 2.07. The Bertz CT molecular complexity index is 189. The van der Waals surface area contributed by atoms with Crippen LogP contribution >= 0.6 is 0 Å². The van der Waals surface area contributed by atoms with E-state index in [9.17, 15) is 0 Å². The van der Waals surface area contributed by atoms with E-state index in [0.29, 0.717) is 0 Å². The molecule has 1 N–H and O–H groups in total. The molecule has 0 aromatic heterocycles. The summed E-state index contributed by atoms with van der Waals surface area (Å²) in [5.74, 6) is 0. The molecule has 12 heavy (non-hydrogen) atoms. The molecule has 0 radical (unpaired) electrons. The van der Waals surface area contributed by atoms with Gasteiger partial charge >= 0.3 is 0 Å². The van der Waals surface area contributed by atoms with Gasteiger partial charge in [-0.15, -0.1) is 0 Å². The zero-order chi connectivity index (χ0) is 9.40. The standard InChI is InChI=1S/C9H15N.CN/c1-3-4-5-9-6-7-10(2)8-9;1-2/h6-8H,3-5H2,1-2H3;/q;-1/p+1. The van der Waals surface area contributed by atoms with Crippen molar-refractivity contribution in [2.24, 2.45) is 0 Å². The molecule has 1 rings (SSSR count). The number of nitrogens with zero attached hydrogens (tertiary/aromatic N) is 1. The fourth-order valence-corrected chi connectivity index (χ4v) is 1.16. The molecule has 1 unspecified atom stereocenters. The maximum atomic E-state index is 6.25. The van der Waals surface area contributed by atoms with Crippen molar-refractivity contribution in [2.45, 2.75) is 26.2 Å². The molecule has 1 heterocycles. The van der Waals surface area contributed by atoms with Gasteiger partial charge in [0.2, 0.25) is 0 Å². The molecule has 2 heteroatoms. The van der Waals surface area contributed by atoms with E-state index in [1.807, 2.05) is 0 Å². The summed E-state index contributed by atoms with van der Waals surface area (Å²) in [7, 11) is 2.15. The lowest BCUT2D eigenvalue weighted by molar-refractivity contribution is -0.763. The largest absolute Gasteiger partial charge is 0.512 e. The molecule has 66 valence electrons. The Morgan fingerprint density at radius 3 is 2.58 bits per heavy atom. The summed E-state index contributed by atoms with van der Waals surface area (Å²) in [6, 6.07) is 0. The predicted molar refractivity (Wildman–Crippen MR) is 48.6 cm³/mol. The van der Waals surface area contributed by atoms with Gasteiger partial charge in [0.15, 0.2) is 0 Å². The van der Waals surface area contributed by atoms with Crippen LogP contribution in [0.2, 0.25) is 0 Å². The van der Waals surface area contributed by atoms with Crippen LogP contribution in [-0.2, 0) is 0 Å². The minimum atomic E-state index is 1.25. The van der Waals surface area contributed by atoms with E-state index in [2.05, 4.69) is 32.4 Å². The third-order valence-corrected chi connectivity index (χ3v) is 1.79. The van der Waals surface area contributed by atoms with Crippen molar-refractivity contribution >= 4 is 0 Å². The van der Waals surface area contributed by atoms with Crippen molar-refractivity contribution in [1.29, 1.82) is 5.26 Å². The van der Waals surface area contributed by atoms with Crippen LogP contribution in [0, 0.1) is 11.8 Å². The Kier molecular flexibility index (Phi) is 6.04. The number of nitrogens with one attached hydrogen (secondary N) is 1. The predicted octanol–water partition coefficient (Wildman–Crippen LogP) is 1.20. The monoisotopic (exact) mass is 164 g/mol. The average molecular weight is 164 g/mol. The van der Waals surface area contributed by atoms with Gasteiger partial charge in [-0.1, -0.05) is 13.3 Å². The first-order valence-electron chi connectivity index (χ1n) is 4.27. The molecular formula is C10H16N2. The van der Waals surface area contributed by atoms with Crippen molar-refractivity contribution in [3.05, 3.63) is 30.6 Å². The second kappa shape index (κ2) is 6.63. The zero-order valence-corrected chi connectivity index (χ0v) is 7.80. The van der Waals surface area contributed by atoms with Gasteiger partial charge in [0, 0.05) is 11.6 Å². The van der Waals surface area contributed by atoms with E-state index in [-0.39, 0.29) is 0 Å². The fourth-order valence-electron chi connectivity index (χ4n) is 1.16. The van der Waals surface area contributed by atoms with Crippen LogP contribution in [0.4, 0.5) is 0 Å². The highest BCUT2D eigenvalue weighted by Gasteiger charge is 2.04. The molecule has 0 spiro atoms. The number of hydrogen-bond acceptors (Lipinski definition) is 1. The first-order valence-corrected chi connectivity index (χ1v) is 4.27. The van der Waals surface area contributed by atoms with Gasteiger partial charge in [-0.2, -0.15) is 0 Å². The summed E-state index contributed by atoms with van der Waals surface area (Å²) in [5, 5.41) is 6.25. The highest BCUT2D eigenvalue weighted by atomic mass is 15.1. The van der Waals surface area contributed by atoms with Crippen molar-refractivity contribution in [2.75, 3.05) is 7.05 Å². The van der Waals surface area contributed by atoms with Gasteiger partial charge in [-0.3, -0.25) is 4.90 Å². The van der Waals surface area contributed by atoms with Crippen LogP contribution in [0.5, 0.6) is 0 Å². The molecule has 0 aliphatic carbocycles. The van der Waals surface area contributed by atoms with Gasteiger partial charge in [0.25, 0.3) is 0 Å². The van der Waals surface area contributed by atoms with Crippen molar-refractivity contribution in [3.63, 3.8) is 0 Å². The van der Waals surface area contributed by atoms with Gasteiger partial charge in [0.1, 0.15) is 6.20 Å². The topological polar surface area (TPSA) is 28.2 Å². The summed E-state index contributed by atoms with van der Waals surface area (Å²) in [6.07, 6.45) is 10.6. The number of rotatable bonds is 3. The molecule has 0 amide bonds. The Hall–Kier alpha value is -1.07. The molecule has 0 aromatic rings. The minimum absolute atomic E-state index is 1.25. The Morgan fingerprint density at radius 2 is 2.17 bits per heavy atom. The zero-order valence-electron chi connectivity index (χ0n) is 7.80. The molecule has 0 saturated carbocycles. The number of allylic oxidation sites excluding steroid dienone is 2. The van der Waals surface area contributed by atoms with E-state index < -0.39 is 0 Å². The highest BCUT2D eigenvalue weighted by molar-refractivity contribution is 5.17. The van der Waals surface area contributed by atoms with Gasteiger partial charge in [0.05, 0.1) is 13.2 Å². The molecule has 0 bridgehead atoms. The lowest BCUT2D eigenvalue weighted by Crippen LogP contribution is -2.98. The van der Waals surface area contributed by atoms with E-state index in [4.69, 9.17) is 11.8 Å². The molecule has 1 aliphatic heterocycles. The Balaban J connectivity index is 0.000000561. The quantitative estimate of drug-likeness (QED) is 0.624. The smallest absolute Gasteiger partial charge is 0.102 e. The summed E-state index contributed by atoms with van der Waals surface area (Å²) >= 11 is 0. The molecule has 1 atom stereocenters. The van der Waals surface area contributed by atoms with Crippen LogP contribution in [0.3, 0.4) is 0 Å². The third kappa shape index (κ3) is 3.95. The van der Waals surface area contributed by atoms with Gasteiger partial charge in [-0.25, -0.2) is 0 Å². The summed E-state index contributed by atoms with van der Waals surface area (Å²) < 4.78 is 0. The molecule has 0 aromatic carbocycles. The lowest BCUT2D eigenvalue weighted by Gasteiger charge is -1.94. The molecular weight excluding hydrogens is 148 g/mol. The SMILES string of the molecule is CCCCC1=C[NH+](C)C=C1.[C-]#N. The van der Waals surface area contributed by atoms with Crippen LogP contribution in [0.1, 0.15) is 26.2 Å². The van der Waals surface area contributed by atoms with Crippen molar-refractivity contribution < 1.29 is 4.90 Å². The maximum absolute atomic E-state index is 6.25. The average Bonchev–Trinajstić information content (AvgIpc) is 2.51. The number of quaternary nitrogens is 1. The normalized spacial score (nSPS) is 19.7. The summed E-state index contributed by atoms with van der Waals surface area (Å²) in [5.41, 5.74) is 1.50. The molecule has 0 saturated heterocycles. The van der Waals surface area contributed by atoms with Crippen LogP contribution in [0.25, 0.3) is 0 Å². The van der Waals surface area contributed by atoms with E-state index in [1.54, 1.807) is 0 Å². The number of hydrogen-bond donors (Lipinski definition) is 1. The van der Waals surface area contributed by atoms with Gasteiger partial charge in [-0.05, 0) is 12.8 Å². The molecule has 2 nitrogen and oxygen atoms in total. The second-order valence-corrected chi connectivity index (χ2v) is 2.90. The first-order chi connectivity index (χ1) is 5.83. The van der Waals surface area contributed by atoms with Gasteiger partial charge < -0.3 is 11.8 Å².